The van der Waals surface area contributed by atoms with Gasteiger partial charge in [-0.1, -0.05) is 12.2 Å². The van der Waals surface area contributed by atoms with Crippen LogP contribution in [0.25, 0.3) is 0 Å². The van der Waals surface area contributed by atoms with Gasteiger partial charge in [0.1, 0.15) is 5.72 Å². The summed E-state index contributed by atoms with van der Waals surface area (Å²) in [6, 6.07) is -0.0188. The summed E-state index contributed by atoms with van der Waals surface area (Å²) in [5.41, 5.74) is -0.570. The molecule has 0 radical (unpaired) electrons. The first-order valence-electron chi connectivity index (χ1n) is 5.24. The predicted octanol–water partition coefficient (Wildman–Crippen LogP) is 0.517. The van der Waals surface area contributed by atoms with Crippen molar-refractivity contribution in [2.45, 2.75) is 38.6 Å². The first kappa shape index (κ1) is 10.6. The molecule has 1 amide bonds. The monoisotopic (exact) mass is 211 g/mol. The van der Waals surface area contributed by atoms with E-state index in [0.717, 1.165) is 0 Å². The van der Waals surface area contributed by atoms with Crippen LogP contribution in [-0.2, 0) is 9.53 Å². The maximum atomic E-state index is 11.5. The standard InChI is InChI=1S/C11H17NO3/c1-7(14)12-9-5-4-8(6-13)10(9)15-11(12,2)3/h4-5,8-10,13H,6H2,1-3H3/t8-,9+,10-/m0/s1. The van der Waals surface area contributed by atoms with Gasteiger partial charge in [-0.2, -0.15) is 0 Å². The average molecular weight is 211 g/mol. The Bertz CT molecular complexity index is 311. The van der Waals surface area contributed by atoms with Gasteiger partial charge in [-0.3, -0.25) is 4.79 Å². The van der Waals surface area contributed by atoms with Crippen molar-refractivity contribution in [3.05, 3.63) is 12.2 Å². The van der Waals surface area contributed by atoms with Crippen molar-refractivity contribution in [2.75, 3.05) is 6.61 Å². The zero-order valence-corrected chi connectivity index (χ0v) is 9.30. The van der Waals surface area contributed by atoms with Crippen molar-refractivity contribution in [3.63, 3.8) is 0 Å². The summed E-state index contributed by atoms with van der Waals surface area (Å²) >= 11 is 0. The molecule has 1 saturated heterocycles. The lowest BCUT2D eigenvalue weighted by atomic mass is 10.1. The van der Waals surface area contributed by atoms with Gasteiger partial charge in [0.2, 0.25) is 5.91 Å². The molecule has 1 N–H and O–H groups in total. The van der Waals surface area contributed by atoms with E-state index in [0.29, 0.717) is 0 Å². The Labute approximate surface area is 89.5 Å². The number of ether oxygens (including phenoxy) is 1. The molecule has 0 aromatic carbocycles. The van der Waals surface area contributed by atoms with Crippen molar-refractivity contribution in [1.29, 1.82) is 0 Å². The van der Waals surface area contributed by atoms with Crippen LogP contribution in [0.5, 0.6) is 0 Å². The largest absolute Gasteiger partial charge is 0.396 e. The van der Waals surface area contributed by atoms with Crippen LogP contribution in [0.15, 0.2) is 12.2 Å². The van der Waals surface area contributed by atoms with Crippen LogP contribution in [0.2, 0.25) is 0 Å². The average Bonchev–Trinajstić information content (AvgIpc) is 2.57. The van der Waals surface area contributed by atoms with Crippen molar-refractivity contribution >= 4 is 5.91 Å². The van der Waals surface area contributed by atoms with Crippen LogP contribution in [0.4, 0.5) is 0 Å². The summed E-state index contributed by atoms with van der Waals surface area (Å²) in [6.07, 6.45) is 3.80. The maximum absolute atomic E-state index is 11.5. The summed E-state index contributed by atoms with van der Waals surface area (Å²) in [7, 11) is 0. The molecule has 2 rings (SSSR count). The Hall–Kier alpha value is -0.870. The Morgan fingerprint density at radius 3 is 2.73 bits per heavy atom. The van der Waals surface area contributed by atoms with Gasteiger partial charge in [0.25, 0.3) is 0 Å². The molecular formula is C11H17NO3. The van der Waals surface area contributed by atoms with Crippen molar-refractivity contribution < 1.29 is 14.6 Å². The number of hydrogen-bond donors (Lipinski definition) is 1. The predicted molar refractivity (Wildman–Crippen MR) is 55.0 cm³/mol. The van der Waals surface area contributed by atoms with E-state index < -0.39 is 5.72 Å². The molecule has 3 atom stereocenters. The number of aliphatic hydroxyl groups is 1. The van der Waals surface area contributed by atoms with Crippen LogP contribution in [0.3, 0.4) is 0 Å². The highest BCUT2D eigenvalue weighted by Crippen LogP contribution is 2.39. The van der Waals surface area contributed by atoms with E-state index in [1.165, 1.54) is 0 Å². The topological polar surface area (TPSA) is 49.8 Å². The molecule has 1 fully saturated rings. The fourth-order valence-electron chi connectivity index (χ4n) is 2.62. The molecular weight excluding hydrogens is 194 g/mol. The van der Waals surface area contributed by atoms with Gasteiger partial charge >= 0.3 is 0 Å². The molecule has 4 nitrogen and oxygen atoms in total. The second-order valence-electron chi connectivity index (χ2n) is 4.64. The molecule has 84 valence electrons. The fraction of sp³-hybridized carbons (Fsp3) is 0.727. The maximum Gasteiger partial charge on any atom is 0.222 e. The van der Waals surface area contributed by atoms with E-state index in [9.17, 15) is 9.90 Å². The summed E-state index contributed by atoms with van der Waals surface area (Å²) in [5, 5.41) is 9.17. The van der Waals surface area contributed by atoms with Gasteiger partial charge in [0.15, 0.2) is 0 Å². The molecule has 0 aromatic rings. The second kappa shape index (κ2) is 3.32. The molecule has 0 saturated carbocycles. The molecule has 15 heavy (non-hydrogen) atoms. The number of hydrogen-bond acceptors (Lipinski definition) is 3. The second-order valence-corrected chi connectivity index (χ2v) is 4.64. The van der Waals surface area contributed by atoms with E-state index in [-0.39, 0.29) is 30.6 Å². The van der Waals surface area contributed by atoms with Gasteiger partial charge < -0.3 is 14.7 Å². The first-order chi connectivity index (χ1) is 6.97. The van der Waals surface area contributed by atoms with Crippen LogP contribution in [-0.4, -0.2) is 40.4 Å². The number of carbonyl (C=O) groups excluding carboxylic acids is 1. The molecule has 4 heteroatoms. The number of fused-ring (bicyclic) bond motifs is 1. The third-order valence-corrected chi connectivity index (χ3v) is 3.17. The fourth-order valence-corrected chi connectivity index (χ4v) is 2.62. The molecule has 0 aromatic heterocycles. The van der Waals surface area contributed by atoms with Crippen molar-refractivity contribution in [2.24, 2.45) is 5.92 Å². The van der Waals surface area contributed by atoms with Gasteiger partial charge in [-0.05, 0) is 13.8 Å². The summed E-state index contributed by atoms with van der Waals surface area (Å²) < 4.78 is 5.83. The Balaban J connectivity index is 2.28. The minimum atomic E-state index is -0.570. The van der Waals surface area contributed by atoms with Crippen molar-refractivity contribution in [1.82, 2.24) is 4.90 Å². The van der Waals surface area contributed by atoms with Crippen LogP contribution >= 0.6 is 0 Å². The first-order valence-corrected chi connectivity index (χ1v) is 5.24. The number of carbonyl (C=O) groups is 1. The number of rotatable bonds is 1. The van der Waals surface area contributed by atoms with Gasteiger partial charge in [0, 0.05) is 12.8 Å². The lowest BCUT2D eigenvalue weighted by molar-refractivity contribution is -0.145. The number of amides is 1. The van der Waals surface area contributed by atoms with E-state index in [4.69, 9.17) is 4.74 Å². The highest BCUT2D eigenvalue weighted by Gasteiger charge is 2.51. The van der Waals surface area contributed by atoms with E-state index in [1.54, 1.807) is 11.8 Å². The SMILES string of the molecule is CC(=O)N1[C@@H]2C=C[C@@H](CO)[C@@H]2OC1(C)C. The minimum Gasteiger partial charge on any atom is -0.396 e. The van der Waals surface area contributed by atoms with Crippen LogP contribution < -0.4 is 0 Å². The number of aliphatic hydroxyl groups excluding tert-OH is 1. The molecule has 1 heterocycles. The van der Waals surface area contributed by atoms with Gasteiger partial charge in [0.05, 0.1) is 18.8 Å². The molecule has 0 unspecified atom stereocenters. The van der Waals surface area contributed by atoms with E-state index in [2.05, 4.69) is 0 Å². The third kappa shape index (κ3) is 1.48. The quantitative estimate of drug-likeness (QED) is 0.643. The third-order valence-electron chi connectivity index (χ3n) is 3.17. The van der Waals surface area contributed by atoms with Crippen LogP contribution in [0, 0.1) is 5.92 Å². The van der Waals surface area contributed by atoms with Gasteiger partial charge in [-0.15, -0.1) is 0 Å². The highest BCUT2D eigenvalue weighted by atomic mass is 16.5. The summed E-state index contributed by atoms with van der Waals surface area (Å²) in [4.78, 5) is 13.3. The highest BCUT2D eigenvalue weighted by molar-refractivity contribution is 5.75. The molecule has 2 aliphatic rings. The smallest absolute Gasteiger partial charge is 0.222 e. The van der Waals surface area contributed by atoms with E-state index >= 15 is 0 Å². The van der Waals surface area contributed by atoms with Crippen molar-refractivity contribution in [3.8, 4) is 0 Å². The Morgan fingerprint density at radius 2 is 2.20 bits per heavy atom. The summed E-state index contributed by atoms with van der Waals surface area (Å²) in [6.45, 7) is 5.39. The lowest BCUT2D eigenvalue weighted by Crippen LogP contribution is -2.46. The Kier molecular flexibility index (Phi) is 2.35. The minimum absolute atomic E-state index is 0.00994. The zero-order chi connectivity index (χ0) is 11.2. The molecule has 1 aliphatic heterocycles. The molecule has 1 aliphatic carbocycles. The Morgan fingerprint density at radius 1 is 1.53 bits per heavy atom. The summed E-state index contributed by atoms with van der Waals surface area (Å²) in [5.74, 6) is 0.0226. The number of nitrogens with zero attached hydrogens (tertiary/aromatic N) is 1. The zero-order valence-electron chi connectivity index (χ0n) is 9.30. The van der Waals surface area contributed by atoms with E-state index in [1.807, 2.05) is 26.0 Å². The molecule has 0 spiro atoms. The lowest BCUT2D eigenvalue weighted by Gasteiger charge is -2.31. The normalized spacial score (nSPS) is 37.1. The molecule has 0 bridgehead atoms. The van der Waals surface area contributed by atoms with Crippen LogP contribution in [0.1, 0.15) is 20.8 Å². The van der Waals surface area contributed by atoms with Gasteiger partial charge in [-0.25, -0.2) is 0 Å².